The number of aromatic amines is 2. The molecule has 0 unspecified atom stereocenters. The van der Waals surface area contributed by atoms with Crippen LogP contribution in [0.25, 0.3) is 33.4 Å². The molecule has 0 saturated carbocycles. The van der Waals surface area contributed by atoms with Gasteiger partial charge in [-0.05, 0) is 19.9 Å². The van der Waals surface area contributed by atoms with Crippen molar-refractivity contribution in [2.75, 3.05) is 14.2 Å². The maximum Gasteiger partial charge on any atom is 0.258 e. The fraction of sp³-hybridized carbons (Fsp3) is 0.179. The van der Waals surface area contributed by atoms with Gasteiger partial charge >= 0.3 is 0 Å². The molecule has 2 heterocycles. The molecule has 2 aromatic heterocycles. The lowest BCUT2D eigenvalue weighted by Crippen LogP contribution is -2.11. The minimum absolute atomic E-state index is 0.225. The summed E-state index contributed by atoms with van der Waals surface area (Å²) in [6, 6.07) is 20.1. The zero-order chi connectivity index (χ0) is 25.2. The summed E-state index contributed by atoms with van der Waals surface area (Å²) >= 11 is 1.48. The van der Waals surface area contributed by atoms with Gasteiger partial charge in [-0.15, -0.1) is 0 Å². The van der Waals surface area contributed by atoms with Gasteiger partial charge in [0.05, 0.1) is 42.3 Å². The summed E-state index contributed by atoms with van der Waals surface area (Å²) in [5.74, 6) is 2.00. The van der Waals surface area contributed by atoms with Crippen LogP contribution in [0, 0.1) is 13.8 Å². The van der Waals surface area contributed by atoms with Crippen molar-refractivity contribution in [3.05, 3.63) is 88.0 Å². The Morgan fingerprint density at radius 1 is 0.806 bits per heavy atom. The van der Waals surface area contributed by atoms with Crippen LogP contribution in [0.5, 0.6) is 11.5 Å². The summed E-state index contributed by atoms with van der Waals surface area (Å²) in [6.45, 7) is 4.14. The molecule has 5 aromatic rings. The number of benzene rings is 3. The van der Waals surface area contributed by atoms with E-state index in [9.17, 15) is 4.79 Å². The van der Waals surface area contributed by atoms with Crippen LogP contribution in [0.3, 0.4) is 0 Å². The van der Waals surface area contributed by atoms with Gasteiger partial charge in [0.1, 0.15) is 5.82 Å². The highest BCUT2D eigenvalue weighted by atomic mass is 32.2. The largest absolute Gasteiger partial charge is 0.493 e. The van der Waals surface area contributed by atoms with Gasteiger partial charge in [-0.25, -0.2) is 9.97 Å². The van der Waals surface area contributed by atoms with Crippen LogP contribution < -0.4 is 15.0 Å². The summed E-state index contributed by atoms with van der Waals surface area (Å²) < 4.78 is 10.7. The van der Waals surface area contributed by atoms with Crippen molar-refractivity contribution in [2.24, 2.45) is 0 Å². The van der Waals surface area contributed by atoms with E-state index in [0.717, 1.165) is 27.7 Å². The highest BCUT2D eigenvalue weighted by Crippen LogP contribution is 2.34. The molecule has 0 aliphatic carbocycles. The molecule has 0 aliphatic rings. The Labute approximate surface area is 212 Å². The lowest BCUT2D eigenvalue weighted by molar-refractivity contribution is 0.355. The number of methoxy groups -OCH3 is 2. The van der Waals surface area contributed by atoms with Crippen LogP contribution in [0.2, 0.25) is 0 Å². The van der Waals surface area contributed by atoms with Crippen molar-refractivity contribution in [3.8, 4) is 34.0 Å². The second-order valence-electron chi connectivity index (χ2n) is 8.52. The third kappa shape index (κ3) is 4.72. The molecule has 36 heavy (non-hydrogen) atoms. The maximum atomic E-state index is 12.7. The molecule has 0 saturated heterocycles. The number of H-pyrrole nitrogens is 2. The normalized spacial score (nSPS) is 11.1. The maximum absolute atomic E-state index is 12.7. The summed E-state index contributed by atoms with van der Waals surface area (Å²) in [7, 11) is 3.09. The van der Waals surface area contributed by atoms with E-state index in [4.69, 9.17) is 14.5 Å². The van der Waals surface area contributed by atoms with Crippen molar-refractivity contribution in [1.29, 1.82) is 0 Å². The number of ether oxygens (including phenoxy) is 2. The van der Waals surface area contributed by atoms with Crippen molar-refractivity contribution in [3.63, 3.8) is 0 Å². The number of thioether (sulfide) groups is 1. The first kappa shape index (κ1) is 23.7. The van der Waals surface area contributed by atoms with Crippen LogP contribution >= 0.6 is 11.8 Å². The number of nitrogens with zero attached hydrogens (tertiary/aromatic N) is 2. The lowest BCUT2D eigenvalue weighted by Gasteiger charge is -2.09. The van der Waals surface area contributed by atoms with Gasteiger partial charge in [-0.3, -0.25) is 4.79 Å². The standard InChI is InChI=1S/C28H26N4O3S/c1-16-5-9-18(10-6-16)25-26(19-11-7-17(2)8-12-19)32-28(31-25)36-15-24-29-21-14-23(35-4)22(34-3)13-20(21)27(33)30-24/h5-14H,15H2,1-4H3,(H,31,32)(H,29,30,33). The van der Waals surface area contributed by atoms with Gasteiger partial charge in [0.15, 0.2) is 16.7 Å². The van der Waals surface area contributed by atoms with E-state index < -0.39 is 0 Å². The van der Waals surface area contributed by atoms with Gasteiger partial charge in [0.25, 0.3) is 5.56 Å². The SMILES string of the molecule is COc1cc2nc(CSc3nc(-c4ccc(C)cc4)c(-c4ccc(C)cc4)[nH]3)[nH]c(=O)c2cc1OC. The highest BCUT2D eigenvalue weighted by Gasteiger charge is 2.16. The Morgan fingerprint density at radius 2 is 1.42 bits per heavy atom. The number of fused-ring (bicyclic) bond motifs is 1. The molecule has 2 N–H and O–H groups in total. The zero-order valence-corrected chi connectivity index (χ0v) is 21.3. The fourth-order valence-corrected chi connectivity index (χ4v) is 4.73. The van der Waals surface area contributed by atoms with Gasteiger partial charge < -0.3 is 19.4 Å². The third-order valence-electron chi connectivity index (χ3n) is 5.95. The fourth-order valence-electron chi connectivity index (χ4n) is 3.99. The Balaban J connectivity index is 1.48. The minimum atomic E-state index is -0.225. The zero-order valence-electron chi connectivity index (χ0n) is 20.5. The Kier molecular flexibility index (Phi) is 6.52. The van der Waals surface area contributed by atoms with E-state index in [1.807, 2.05) is 0 Å². The van der Waals surface area contributed by atoms with Crippen molar-refractivity contribution in [1.82, 2.24) is 19.9 Å². The number of aryl methyl sites for hydroxylation is 2. The number of aromatic nitrogens is 4. The average molecular weight is 499 g/mol. The Hall–Kier alpha value is -4.04. The van der Waals surface area contributed by atoms with Crippen LogP contribution in [0.1, 0.15) is 17.0 Å². The van der Waals surface area contributed by atoms with Crippen LogP contribution in [-0.2, 0) is 5.75 Å². The van der Waals surface area contributed by atoms with Gasteiger partial charge in [-0.2, -0.15) is 0 Å². The van der Waals surface area contributed by atoms with Crippen molar-refractivity contribution >= 4 is 22.7 Å². The summed E-state index contributed by atoms with van der Waals surface area (Å²) in [6.07, 6.45) is 0. The lowest BCUT2D eigenvalue weighted by atomic mass is 10.0. The van der Waals surface area contributed by atoms with Crippen LogP contribution in [0.15, 0.2) is 70.6 Å². The van der Waals surface area contributed by atoms with E-state index in [1.54, 1.807) is 19.2 Å². The average Bonchev–Trinajstić information content (AvgIpc) is 3.32. The molecule has 7 nitrogen and oxygen atoms in total. The molecule has 0 aliphatic heterocycles. The molecule has 8 heteroatoms. The number of rotatable bonds is 7. The minimum Gasteiger partial charge on any atom is -0.493 e. The van der Waals surface area contributed by atoms with Gasteiger partial charge in [0, 0.05) is 17.2 Å². The molecule has 0 bridgehead atoms. The Morgan fingerprint density at radius 3 is 2.06 bits per heavy atom. The molecular weight excluding hydrogens is 472 g/mol. The molecule has 3 aromatic carbocycles. The predicted octanol–water partition coefficient (Wildman–Crippen LogP) is 5.91. The highest BCUT2D eigenvalue weighted by molar-refractivity contribution is 7.98. The number of hydrogen-bond donors (Lipinski definition) is 2. The van der Waals surface area contributed by atoms with E-state index >= 15 is 0 Å². The first-order valence-electron chi connectivity index (χ1n) is 11.5. The van der Waals surface area contributed by atoms with Gasteiger partial charge in [-0.1, -0.05) is 71.4 Å². The van der Waals surface area contributed by atoms with Crippen molar-refractivity contribution in [2.45, 2.75) is 24.8 Å². The van der Waals surface area contributed by atoms with E-state index in [0.29, 0.717) is 34.0 Å². The second kappa shape index (κ2) is 9.91. The molecule has 5 rings (SSSR count). The quantitative estimate of drug-likeness (QED) is 0.271. The summed E-state index contributed by atoms with van der Waals surface area (Å²) in [5, 5.41) is 1.19. The van der Waals surface area contributed by atoms with Crippen LogP contribution in [0.4, 0.5) is 0 Å². The predicted molar refractivity (Wildman–Crippen MR) is 144 cm³/mol. The third-order valence-corrected chi connectivity index (χ3v) is 6.84. The summed E-state index contributed by atoms with van der Waals surface area (Å²) in [5.41, 5.74) is 6.66. The molecule has 0 amide bonds. The molecular formula is C28H26N4O3S. The first-order chi connectivity index (χ1) is 17.4. The smallest absolute Gasteiger partial charge is 0.258 e. The Bertz CT molecular complexity index is 1530. The van der Waals surface area contributed by atoms with E-state index in [1.165, 1.54) is 30.0 Å². The van der Waals surface area contributed by atoms with Gasteiger partial charge in [0.2, 0.25) is 0 Å². The van der Waals surface area contributed by atoms with Crippen LogP contribution in [-0.4, -0.2) is 34.2 Å². The topological polar surface area (TPSA) is 92.9 Å². The number of nitrogens with one attached hydrogen (secondary N) is 2. The molecule has 182 valence electrons. The first-order valence-corrected chi connectivity index (χ1v) is 12.5. The second-order valence-corrected chi connectivity index (χ2v) is 9.49. The monoisotopic (exact) mass is 498 g/mol. The molecule has 0 spiro atoms. The molecule has 0 atom stereocenters. The number of imidazole rings is 1. The number of hydrogen-bond acceptors (Lipinski definition) is 6. The molecule has 0 fully saturated rings. The van der Waals surface area contributed by atoms with Crippen molar-refractivity contribution < 1.29 is 9.47 Å². The van der Waals surface area contributed by atoms with E-state index in [2.05, 4.69) is 77.3 Å². The summed E-state index contributed by atoms with van der Waals surface area (Å²) in [4.78, 5) is 28.7. The van der Waals surface area contributed by atoms with E-state index in [-0.39, 0.29) is 5.56 Å². The molecule has 0 radical (unpaired) electrons.